The molecule has 0 aliphatic rings. The Labute approximate surface area is 145 Å². The largest absolute Gasteiger partial charge is 0.344 e. The smallest absolute Gasteiger partial charge is 0.332 e. The first-order valence-electron chi connectivity index (χ1n) is 8.13. The molecular weight excluding hydrogens is 322 g/mol. The number of hydrogen-bond donors (Lipinski definition) is 2. The second-order valence-electron chi connectivity index (χ2n) is 6.96. The van der Waals surface area contributed by atoms with Crippen LogP contribution in [0.2, 0.25) is 0 Å². The van der Waals surface area contributed by atoms with E-state index in [1.165, 1.54) is 18.7 Å². The van der Waals surface area contributed by atoms with Gasteiger partial charge in [-0.1, -0.05) is 13.8 Å². The molecule has 0 fully saturated rings. The van der Waals surface area contributed by atoms with Crippen LogP contribution in [-0.4, -0.2) is 32.1 Å². The minimum atomic E-state index is -0.583. The van der Waals surface area contributed by atoms with Crippen molar-refractivity contribution in [3.63, 3.8) is 0 Å². The van der Waals surface area contributed by atoms with E-state index in [2.05, 4.69) is 10.3 Å². The Hall–Kier alpha value is -2.48. The number of pyridine rings is 1. The van der Waals surface area contributed by atoms with Crippen LogP contribution in [-0.2, 0) is 14.1 Å². The quantitative estimate of drug-likeness (QED) is 0.811. The number of nitrogens with one attached hydrogen (secondary N) is 1. The molecule has 1 atom stereocenters. The molecule has 0 aliphatic heterocycles. The maximum Gasteiger partial charge on any atom is 0.332 e. The van der Waals surface area contributed by atoms with Gasteiger partial charge in [-0.05, 0) is 31.4 Å². The first-order valence-corrected chi connectivity index (χ1v) is 8.13. The van der Waals surface area contributed by atoms with Gasteiger partial charge < -0.3 is 11.1 Å². The molecule has 2 heterocycles. The van der Waals surface area contributed by atoms with Crippen LogP contribution in [0.3, 0.4) is 0 Å². The van der Waals surface area contributed by atoms with Gasteiger partial charge in [-0.2, -0.15) is 0 Å². The lowest BCUT2D eigenvalue weighted by Crippen LogP contribution is -2.55. The highest BCUT2D eigenvalue weighted by Crippen LogP contribution is 2.17. The Morgan fingerprint density at radius 2 is 1.92 bits per heavy atom. The lowest BCUT2D eigenvalue weighted by atomic mass is 9.88. The molecule has 0 saturated heterocycles. The minimum Gasteiger partial charge on any atom is -0.344 e. The van der Waals surface area contributed by atoms with Crippen LogP contribution in [0.4, 0.5) is 0 Å². The Morgan fingerprint density at radius 3 is 2.44 bits per heavy atom. The Balaban J connectivity index is 2.64. The normalized spacial score (nSPS) is 13.9. The summed E-state index contributed by atoms with van der Waals surface area (Å²) >= 11 is 0. The van der Waals surface area contributed by atoms with Gasteiger partial charge in [0, 0.05) is 20.6 Å². The van der Waals surface area contributed by atoms with E-state index >= 15 is 0 Å². The van der Waals surface area contributed by atoms with Crippen LogP contribution in [0.5, 0.6) is 0 Å². The van der Waals surface area contributed by atoms with Gasteiger partial charge in [0.1, 0.15) is 11.3 Å². The van der Waals surface area contributed by atoms with E-state index in [0.717, 1.165) is 4.57 Å². The van der Waals surface area contributed by atoms with Crippen molar-refractivity contribution in [2.45, 2.75) is 33.2 Å². The zero-order valence-electron chi connectivity index (χ0n) is 15.5. The summed E-state index contributed by atoms with van der Waals surface area (Å²) in [6.07, 6.45) is 0. The highest BCUT2D eigenvalue weighted by atomic mass is 16.2. The van der Waals surface area contributed by atoms with Crippen LogP contribution >= 0.6 is 0 Å². The topological polar surface area (TPSA) is 112 Å². The van der Waals surface area contributed by atoms with Crippen molar-refractivity contribution in [2.75, 3.05) is 6.54 Å². The van der Waals surface area contributed by atoms with Gasteiger partial charge in [0.15, 0.2) is 0 Å². The number of rotatable bonds is 4. The third-order valence-electron chi connectivity index (χ3n) is 4.94. The van der Waals surface area contributed by atoms with Crippen molar-refractivity contribution in [3.05, 3.63) is 38.2 Å². The van der Waals surface area contributed by atoms with E-state index < -0.39 is 16.8 Å². The SMILES string of the molecule is Cc1cc(C(=O)NC(C)(CN)C(C)C)nc2c1c(=O)n(C)c(=O)n2C. The van der Waals surface area contributed by atoms with Gasteiger partial charge in [-0.15, -0.1) is 0 Å². The first kappa shape index (κ1) is 18.9. The molecule has 0 bridgehead atoms. The van der Waals surface area contributed by atoms with Crippen LogP contribution in [0.25, 0.3) is 11.0 Å². The average Bonchev–Trinajstić information content (AvgIpc) is 2.56. The molecule has 1 unspecified atom stereocenters. The summed E-state index contributed by atoms with van der Waals surface area (Å²) in [5, 5.41) is 3.24. The molecule has 0 saturated carbocycles. The fourth-order valence-corrected chi connectivity index (χ4v) is 2.60. The van der Waals surface area contributed by atoms with Crippen molar-refractivity contribution in [1.82, 2.24) is 19.4 Å². The van der Waals surface area contributed by atoms with Gasteiger partial charge in [0.25, 0.3) is 11.5 Å². The predicted molar refractivity (Wildman–Crippen MR) is 96.7 cm³/mol. The molecule has 1 amide bonds. The molecule has 0 radical (unpaired) electrons. The zero-order valence-corrected chi connectivity index (χ0v) is 15.5. The Kier molecular flexibility index (Phi) is 4.85. The fraction of sp³-hybridized carbons (Fsp3) is 0.529. The lowest BCUT2D eigenvalue weighted by Gasteiger charge is -2.33. The third kappa shape index (κ3) is 3.09. The minimum absolute atomic E-state index is 0.125. The molecule has 2 aromatic rings. The molecular formula is C17H25N5O3. The van der Waals surface area contributed by atoms with Crippen LogP contribution in [0.1, 0.15) is 36.8 Å². The average molecular weight is 347 g/mol. The Bertz CT molecular complexity index is 957. The second kappa shape index (κ2) is 6.44. The number of amides is 1. The summed E-state index contributed by atoms with van der Waals surface area (Å²) in [4.78, 5) is 41.4. The molecule has 3 N–H and O–H groups in total. The van der Waals surface area contributed by atoms with Gasteiger partial charge in [0.2, 0.25) is 0 Å². The number of nitrogens with two attached hydrogens (primary N) is 1. The maximum atomic E-state index is 12.7. The number of nitrogens with zero attached hydrogens (tertiary/aromatic N) is 3. The molecule has 25 heavy (non-hydrogen) atoms. The number of aryl methyl sites for hydroxylation is 2. The maximum absolute atomic E-state index is 12.7. The Morgan fingerprint density at radius 1 is 1.32 bits per heavy atom. The van der Waals surface area contributed by atoms with Crippen molar-refractivity contribution in [3.8, 4) is 0 Å². The van der Waals surface area contributed by atoms with Gasteiger partial charge in [-0.25, -0.2) is 9.78 Å². The molecule has 8 nitrogen and oxygen atoms in total. The summed E-state index contributed by atoms with van der Waals surface area (Å²) < 4.78 is 2.30. The summed E-state index contributed by atoms with van der Waals surface area (Å²) in [5.74, 6) is -0.264. The van der Waals surface area contributed by atoms with E-state index in [1.807, 2.05) is 20.8 Å². The molecule has 8 heteroatoms. The van der Waals surface area contributed by atoms with Crippen molar-refractivity contribution >= 4 is 16.9 Å². The number of carbonyl (C=O) groups excluding carboxylic acids is 1. The first-order chi connectivity index (χ1) is 11.5. The predicted octanol–water partition coefficient (Wildman–Crippen LogP) is 0.0438. The van der Waals surface area contributed by atoms with Crippen molar-refractivity contribution < 1.29 is 4.79 Å². The monoisotopic (exact) mass is 347 g/mol. The van der Waals surface area contributed by atoms with E-state index in [9.17, 15) is 14.4 Å². The van der Waals surface area contributed by atoms with Gasteiger partial charge in [-0.3, -0.25) is 18.7 Å². The standard InChI is InChI=1S/C17H25N5O3/c1-9(2)17(4,8-18)20-14(23)11-7-10(3)12-13(19-11)21(5)16(25)22(6)15(12)24/h7,9H,8,18H2,1-6H3,(H,20,23). The summed E-state index contributed by atoms with van der Waals surface area (Å²) in [7, 11) is 2.94. The van der Waals surface area contributed by atoms with E-state index in [0.29, 0.717) is 10.9 Å². The summed E-state index contributed by atoms with van der Waals surface area (Å²) in [6.45, 7) is 7.81. The van der Waals surface area contributed by atoms with E-state index in [4.69, 9.17) is 5.73 Å². The summed E-state index contributed by atoms with van der Waals surface area (Å²) in [5.41, 5.74) is 5.24. The molecule has 2 rings (SSSR count). The third-order valence-corrected chi connectivity index (χ3v) is 4.94. The number of hydrogen-bond acceptors (Lipinski definition) is 5. The molecule has 0 aliphatic carbocycles. The number of fused-ring (bicyclic) bond motifs is 1. The molecule has 0 aromatic carbocycles. The van der Waals surface area contributed by atoms with E-state index in [1.54, 1.807) is 13.0 Å². The second-order valence-corrected chi connectivity index (χ2v) is 6.96. The van der Waals surface area contributed by atoms with E-state index in [-0.39, 0.29) is 29.7 Å². The molecule has 136 valence electrons. The number of carbonyl (C=O) groups is 1. The van der Waals surface area contributed by atoms with Crippen LogP contribution in [0.15, 0.2) is 15.7 Å². The van der Waals surface area contributed by atoms with Gasteiger partial charge in [0.05, 0.1) is 10.9 Å². The highest BCUT2D eigenvalue weighted by molar-refractivity contribution is 5.95. The highest BCUT2D eigenvalue weighted by Gasteiger charge is 2.29. The number of aromatic nitrogens is 3. The molecule has 2 aromatic heterocycles. The fourth-order valence-electron chi connectivity index (χ4n) is 2.60. The van der Waals surface area contributed by atoms with Crippen LogP contribution in [0, 0.1) is 12.8 Å². The summed E-state index contributed by atoms with van der Waals surface area (Å²) in [6, 6.07) is 1.56. The van der Waals surface area contributed by atoms with Crippen molar-refractivity contribution in [1.29, 1.82) is 0 Å². The molecule has 0 spiro atoms. The van der Waals surface area contributed by atoms with Gasteiger partial charge >= 0.3 is 5.69 Å². The van der Waals surface area contributed by atoms with Crippen molar-refractivity contribution in [2.24, 2.45) is 25.7 Å². The van der Waals surface area contributed by atoms with Crippen LogP contribution < -0.4 is 22.3 Å². The zero-order chi connectivity index (χ0) is 19.1. The lowest BCUT2D eigenvalue weighted by molar-refractivity contribution is 0.0878.